The van der Waals surface area contributed by atoms with E-state index in [9.17, 15) is 19.2 Å². The van der Waals surface area contributed by atoms with Crippen LogP contribution in [0.3, 0.4) is 0 Å². The Hall–Kier alpha value is -1.92. The molecule has 0 unspecified atom stereocenters. The van der Waals surface area contributed by atoms with Gasteiger partial charge in [-0.05, 0) is 31.6 Å². The second-order valence-corrected chi connectivity index (χ2v) is 7.59. The van der Waals surface area contributed by atoms with Gasteiger partial charge >= 0.3 is 0 Å². The molecule has 26 heavy (non-hydrogen) atoms. The molecule has 1 aliphatic carbocycles. The lowest BCUT2D eigenvalue weighted by atomic mass is 9.89. The predicted molar refractivity (Wildman–Crippen MR) is 96.6 cm³/mol. The molecular weight excluding hydrogens is 334 g/mol. The van der Waals surface area contributed by atoms with Crippen LogP contribution < -0.4 is 11.1 Å². The second kappa shape index (κ2) is 9.69. The van der Waals surface area contributed by atoms with Crippen molar-refractivity contribution in [3.8, 4) is 0 Å². The van der Waals surface area contributed by atoms with Crippen LogP contribution in [0.25, 0.3) is 0 Å². The van der Waals surface area contributed by atoms with Crippen molar-refractivity contribution in [1.29, 1.82) is 0 Å². The Kier molecular flexibility index (Phi) is 7.60. The molecule has 0 aromatic carbocycles. The molecule has 2 rings (SSSR count). The Morgan fingerprint density at radius 2 is 1.92 bits per heavy atom. The average molecular weight is 364 g/mol. The van der Waals surface area contributed by atoms with Crippen molar-refractivity contribution in [2.45, 2.75) is 64.3 Å². The number of nitrogens with two attached hydrogens (primary N) is 1. The molecule has 3 N–H and O–H groups in total. The molecule has 7 heteroatoms. The number of hydrogen-bond donors (Lipinski definition) is 2. The quantitative estimate of drug-likeness (QED) is 0.701. The molecule has 1 radical (unpaired) electrons. The molecule has 3 amide bonds. The van der Waals surface area contributed by atoms with Crippen molar-refractivity contribution >= 4 is 23.5 Å². The number of nitrogens with zero attached hydrogens (tertiary/aromatic N) is 1. The van der Waals surface area contributed by atoms with E-state index in [1.54, 1.807) is 11.8 Å². The monoisotopic (exact) mass is 364 g/mol. The topological polar surface area (TPSA) is 110 Å². The fourth-order valence-corrected chi connectivity index (χ4v) is 3.60. The maximum atomic E-state index is 12.5. The molecule has 145 valence electrons. The third-order valence-corrected chi connectivity index (χ3v) is 5.40. The number of likely N-dealkylation sites (tertiary alicyclic amines) is 1. The summed E-state index contributed by atoms with van der Waals surface area (Å²) in [6, 6.07) is -0.650. The highest BCUT2D eigenvalue weighted by molar-refractivity contribution is 5.96. The minimum atomic E-state index is -0.650. The molecule has 1 saturated carbocycles. The standard InChI is InChI=1S/C19H30N3O4/c1-13(19(20)26)7-9-17(24)21-15-8-10-18(25)22(12-16(15)23)11-14-5-3-2-4-6-14/h9,13-15H,2-8,10-12H2,1H3,(H2,20,26)(H,21,24)/t13-,15-/m0/s1. The van der Waals surface area contributed by atoms with E-state index in [1.165, 1.54) is 25.7 Å². The number of ketones is 1. The molecule has 2 fully saturated rings. The third-order valence-electron chi connectivity index (χ3n) is 5.40. The predicted octanol–water partition coefficient (Wildman–Crippen LogP) is 0.959. The van der Waals surface area contributed by atoms with Crippen molar-refractivity contribution in [3.63, 3.8) is 0 Å². The van der Waals surface area contributed by atoms with Gasteiger partial charge in [-0.1, -0.05) is 26.2 Å². The highest BCUT2D eigenvalue weighted by Gasteiger charge is 2.31. The molecule has 0 aromatic rings. The summed E-state index contributed by atoms with van der Waals surface area (Å²) >= 11 is 0. The SMILES string of the molecule is C[C@@H](C[CH]C(=O)N[C@H]1CCC(=O)N(CC2CCCCC2)CC1=O)C(N)=O. The number of carbonyl (C=O) groups excluding carboxylic acids is 4. The van der Waals surface area contributed by atoms with Crippen molar-refractivity contribution in [2.24, 2.45) is 17.6 Å². The molecule has 0 aromatic heterocycles. The Bertz CT molecular complexity index is 543. The van der Waals surface area contributed by atoms with Crippen molar-refractivity contribution in [2.75, 3.05) is 13.1 Å². The van der Waals surface area contributed by atoms with E-state index in [0.29, 0.717) is 18.9 Å². The van der Waals surface area contributed by atoms with Gasteiger partial charge in [-0.25, -0.2) is 0 Å². The minimum Gasteiger partial charge on any atom is -0.369 e. The van der Waals surface area contributed by atoms with E-state index >= 15 is 0 Å². The fraction of sp³-hybridized carbons (Fsp3) is 0.737. The third kappa shape index (κ3) is 6.11. The van der Waals surface area contributed by atoms with Crippen LogP contribution in [0.2, 0.25) is 0 Å². The van der Waals surface area contributed by atoms with Gasteiger partial charge in [-0.15, -0.1) is 0 Å². The van der Waals surface area contributed by atoms with E-state index in [1.807, 2.05) is 0 Å². The van der Waals surface area contributed by atoms with Gasteiger partial charge in [-0.2, -0.15) is 0 Å². The van der Waals surface area contributed by atoms with Gasteiger partial charge < -0.3 is 16.0 Å². The molecule has 7 nitrogen and oxygen atoms in total. The van der Waals surface area contributed by atoms with E-state index in [2.05, 4.69) is 5.32 Å². The number of nitrogens with one attached hydrogen (secondary N) is 1. The lowest BCUT2D eigenvalue weighted by molar-refractivity contribution is -0.134. The van der Waals surface area contributed by atoms with Crippen LogP contribution >= 0.6 is 0 Å². The highest BCUT2D eigenvalue weighted by Crippen LogP contribution is 2.25. The molecule has 2 aliphatic rings. The Morgan fingerprint density at radius 1 is 1.23 bits per heavy atom. The van der Waals surface area contributed by atoms with Gasteiger partial charge in [0.2, 0.25) is 17.7 Å². The molecule has 0 spiro atoms. The molecule has 0 bridgehead atoms. The Labute approximate surface area is 155 Å². The van der Waals surface area contributed by atoms with E-state index in [4.69, 9.17) is 5.73 Å². The fourth-order valence-electron chi connectivity index (χ4n) is 3.60. The largest absolute Gasteiger partial charge is 0.369 e. The number of carbonyl (C=O) groups is 4. The van der Waals surface area contributed by atoms with Gasteiger partial charge in [0.25, 0.3) is 0 Å². The number of hydrogen-bond acceptors (Lipinski definition) is 4. The first-order chi connectivity index (χ1) is 12.4. The van der Waals surface area contributed by atoms with Crippen LogP contribution in [0.15, 0.2) is 0 Å². The average Bonchev–Trinajstić information content (AvgIpc) is 2.74. The number of Topliss-reactive ketones (excluding diaryl/α,β-unsaturated/α-hetero) is 1. The summed E-state index contributed by atoms with van der Waals surface area (Å²) in [6.07, 6.45) is 8.03. The second-order valence-electron chi connectivity index (χ2n) is 7.59. The normalized spacial score (nSPS) is 23.4. The lowest BCUT2D eigenvalue weighted by Crippen LogP contribution is -2.44. The number of amides is 3. The first kappa shape index (κ1) is 20.4. The smallest absolute Gasteiger partial charge is 0.224 e. The van der Waals surface area contributed by atoms with E-state index in [-0.39, 0.29) is 31.1 Å². The maximum Gasteiger partial charge on any atom is 0.224 e. The van der Waals surface area contributed by atoms with Crippen LogP contribution in [-0.4, -0.2) is 47.5 Å². The minimum absolute atomic E-state index is 0.00740. The maximum absolute atomic E-state index is 12.5. The zero-order valence-corrected chi connectivity index (χ0v) is 15.5. The lowest BCUT2D eigenvalue weighted by Gasteiger charge is -2.28. The van der Waals surface area contributed by atoms with Gasteiger partial charge in [-0.3, -0.25) is 19.2 Å². The summed E-state index contributed by atoms with van der Waals surface area (Å²) in [5.74, 6) is -0.954. The molecule has 2 atom stereocenters. The van der Waals surface area contributed by atoms with Gasteiger partial charge in [0, 0.05) is 18.9 Å². The summed E-state index contributed by atoms with van der Waals surface area (Å²) < 4.78 is 0. The van der Waals surface area contributed by atoms with Crippen molar-refractivity contribution in [3.05, 3.63) is 6.42 Å². The van der Waals surface area contributed by atoms with Gasteiger partial charge in [0.1, 0.15) is 0 Å². The summed E-state index contributed by atoms with van der Waals surface area (Å²) in [6.45, 7) is 2.36. The molecule has 1 aliphatic heterocycles. The first-order valence-corrected chi connectivity index (χ1v) is 9.60. The molecular formula is C19H30N3O4. The van der Waals surface area contributed by atoms with Crippen LogP contribution in [0.4, 0.5) is 0 Å². The summed E-state index contributed by atoms with van der Waals surface area (Å²) in [5.41, 5.74) is 5.17. The highest BCUT2D eigenvalue weighted by atomic mass is 16.2. The molecule has 1 saturated heterocycles. The summed E-state index contributed by atoms with van der Waals surface area (Å²) in [4.78, 5) is 49.5. The van der Waals surface area contributed by atoms with E-state index in [0.717, 1.165) is 12.8 Å². The van der Waals surface area contributed by atoms with Crippen LogP contribution in [-0.2, 0) is 19.2 Å². The molecule has 1 heterocycles. The van der Waals surface area contributed by atoms with Crippen LogP contribution in [0.5, 0.6) is 0 Å². The van der Waals surface area contributed by atoms with Crippen LogP contribution in [0, 0.1) is 18.3 Å². The van der Waals surface area contributed by atoms with Gasteiger partial charge in [0.05, 0.1) is 19.0 Å². The van der Waals surface area contributed by atoms with Gasteiger partial charge in [0.15, 0.2) is 5.78 Å². The summed E-state index contributed by atoms with van der Waals surface area (Å²) in [7, 11) is 0. The Balaban J connectivity index is 1.84. The van der Waals surface area contributed by atoms with E-state index < -0.39 is 23.8 Å². The summed E-state index contributed by atoms with van der Waals surface area (Å²) in [5, 5.41) is 2.67. The Morgan fingerprint density at radius 3 is 2.58 bits per heavy atom. The zero-order valence-electron chi connectivity index (χ0n) is 15.5. The number of primary amides is 1. The number of rotatable bonds is 7. The van der Waals surface area contributed by atoms with Crippen molar-refractivity contribution < 1.29 is 19.2 Å². The zero-order chi connectivity index (χ0) is 19.1. The van der Waals surface area contributed by atoms with Crippen molar-refractivity contribution in [1.82, 2.24) is 10.2 Å². The van der Waals surface area contributed by atoms with Crippen LogP contribution in [0.1, 0.15) is 58.3 Å². The first-order valence-electron chi connectivity index (χ1n) is 9.60.